The number of ether oxygens (including phenoxy) is 2. The molecule has 0 saturated heterocycles. The van der Waals surface area contributed by atoms with Gasteiger partial charge in [0.2, 0.25) is 6.79 Å². The summed E-state index contributed by atoms with van der Waals surface area (Å²) >= 11 is 0. The van der Waals surface area contributed by atoms with E-state index < -0.39 is 0 Å². The molecule has 7 heteroatoms. The molecule has 160 valence electrons. The number of aromatic amines is 1. The number of carbonyl (C=O) groups is 1. The molecule has 2 heterocycles. The molecule has 5 rings (SSSR count). The molecule has 1 amide bonds. The fourth-order valence-electron chi connectivity index (χ4n) is 3.81. The lowest BCUT2D eigenvalue weighted by Crippen LogP contribution is -2.31. The summed E-state index contributed by atoms with van der Waals surface area (Å²) in [7, 11) is 0. The van der Waals surface area contributed by atoms with E-state index in [1.165, 1.54) is 0 Å². The molecule has 7 nitrogen and oxygen atoms in total. The molecular formula is C25H21N3O4. The maximum Gasteiger partial charge on any atom is 0.258 e. The van der Waals surface area contributed by atoms with Crippen molar-refractivity contribution in [2.45, 2.75) is 20.0 Å². The van der Waals surface area contributed by atoms with Gasteiger partial charge < -0.3 is 19.4 Å². The van der Waals surface area contributed by atoms with Crippen molar-refractivity contribution in [2.75, 3.05) is 6.79 Å². The largest absolute Gasteiger partial charge is 0.454 e. The van der Waals surface area contributed by atoms with E-state index in [-0.39, 0.29) is 24.8 Å². The molecule has 0 fully saturated rings. The molecule has 1 N–H and O–H groups in total. The molecule has 1 aliphatic heterocycles. The summed E-state index contributed by atoms with van der Waals surface area (Å²) in [5.74, 6) is 1.62. The van der Waals surface area contributed by atoms with Crippen molar-refractivity contribution in [1.82, 2.24) is 14.9 Å². The minimum Gasteiger partial charge on any atom is -0.454 e. The van der Waals surface area contributed by atoms with Gasteiger partial charge in [0.15, 0.2) is 11.5 Å². The Hall–Kier alpha value is -4.13. The van der Waals surface area contributed by atoms with Crippen LogP contribution >= 0.6 is 0 Å². The molecule has 0 aliphatic carbocycles. The van der Waals surface area contributed by atoms with Crippen molar-refractivity contribution >= 4 is 16.8 Å². The smallest absolute Gasteiger partial charge is 0.258 e. The van der Waals surface area contributed by atoms with E-state index in [2.05, 4.69) is 9.97 Å². The first-order valence-electron chi connectivity index (χ1n) is 10.3. The van der Waals surface area contributed by atoms with E-state index >= 15 is 0 Å². The van der Waals surface area contributed by atoms with Crippen molar-refractivity contribution in [3.63, 3.8) is 0 Å². The monoisotopic (exact) mass is 427 g/mol. The van der Waals surface area contributed by atoms with Gasteiger partial charge in [0.25, 0.3) is 11.5 Å². The number of aryl methyl sites for hydroxylation is 1. The number of fused-ring (bicyclic) bond motifs is 2. The predicted molar refractivity (Wildman–Crippen MR) is 120 cm³/mol. The fraction of sp³-hybridized carbons (Fsp3) is 0.160. The van der Waals surface area contributed by atoms with Crippen LogP contribution in [0.5, 0.6) is 11.5 Å². The van der Waals surface area contributed by atoms with Crippen LogP contribution in [0.1, 0.15) is 27.3 Å². The van der Waals surface area contributed by atoms with Crippen molar-refractivity contribution in [3.05, 3.63) is 99.6 Å². The molecule has 4 aromatic rings. The summed E-state index contributed by atoms with van der Waals surface area (Å²) < 4.78 is 10.9. The van der Waals surface area contributed by atoms with Crippen LogP contribution in [-0.2, 0) is 13.1 Å². The summed E-state index contributed by atoms with van der Waals surface area (Å²) in [5.41, 5.74) is 2.83. The molecule has 0 spiro atoms. The molecular weight excluding hydrogens is 406 g/mol. The number of amides is 1. The Morgan fingerprint density at radius 3 is 2.72 bits per heavy atom. The highest BCUT2D eigenvalue weighted by atomic mass is 16.7. The highest BCUT2D eigenvalue weighted by molar-refractivity contribution is 5.94. The Kier molecular flexibility index (Phi) is 5.07. The van der Waals surface area contributed by atoms with Gasteiger partial charge in [-0.2, -0.15) is 0 Å². The van der Waals surface area contributed by atoms with E-state index in [4.69, 9.17) is 9.47 Å². The highest BCUT2D eigenvalue weighted by Gasteiger charge is 2.20. The Morgan fingerprint density at radius 1 is 1.00 bits per heavy atom. The van der Waals surface area contributed by atoms with Gasteiger partial charge in [-0.05, 0) is 48.9 Å². The van der Waals surface area contributed by atoms with E-state index in [0.29, 0.717) is 40.3 Å². The first-order valence-corrected chi connectivity index (χ1v) is 10.3. The standard InChI is InChI=1S/C25H21N3O4/c1-16-5-4-6-18(11-16)25(30)28(13-17-9-10-21-22(12-17)32-15-31-21)14-23-26-20-8-3-2-7-19(20)24(29)27-23/h2-12H,13-15H2,1H3,(H,26,27,29). The summed E-state index contributed by atoms with van der Waals surface area (Å²) in [4.78, 5) is 35.0. The van der Waals surface area contributed by atoms with Crippen LogP contribution < -0.4 is 15.0 Å². The zero-order valence-corrected chi connectivity index (χ0v) is 17.5. The van der Waals surface area contributed by atoms with Crippen molar-refractivity contribution in [3.8, 4) is 11.5 Å². The lowest BCUT2D eigenvalue weighted by Gasteiger charge is -2.23. The zero-order valence-electron chi connectivity index (χ0n) is 17.5. The van der Waals surface area contributed by atoms with E-state index in [0.717, 1.165) is 11.1 Å². The third kappa shape index (κ3) is 3.92. The third-order valence-electron chi connectivity index (χ3n) is 5.37. The molecule has 0 unspecified atom stereocenters. The van der Waals surface area contributed by atoms with Gasteiger partial charge in [0.1, 0.15) is 5.82 Å². The van der Waals surface area contributed by atoms with Crippen molar-refractivity contribution in [2.24, 2.45) is 0 Å². The van der Waals surface area contributed by atoms with Gasteiger partial charge in [-0.25, -0.2) is 4.98 Å². The number of nitrogens with one attached hydrogen (secondary N) is 1. The predicted octanol–water partition coefficient (Wildman–Crippen LogP) is 3.80. The SMILES string of the molecule is Cc1cccc(C(=O)N(Cc2ccc3c(c2)OCO3)Cc2nc3ccccc3c(=O)[nH]2)c1. The maximum atomic E-state index is 13.4. The van der Waals surface area contributed by atoms with E-state index in [1.54, 1.807) is 29.2 Å². The number of hydrogen-bond donors (Lipinski definition) is 1. The highest BCUT2D eigenvalue weighted by Crippen LogP contribution is 2.33. The Bertz CT molecular complexity index is 1380. The summed E-state index contributed by atoms with van der Waals surface area (Å²) in [5, 5.41) is 0.517. The quantitative estimate of drug-likeness (QED) is 0.524. The summed E-state index contributed by atoms with van der Waals surface area (Å²) in [6, 6.07) is 20.2. The van der Waals surface area contributed by atoms with Crippen LogP contribution in [0.4, 0.5) is 0 Å². The number of aromatic nitrogens is 2. The van der Waals surface area contributed by atoms with Crippen LogP contribution in [0, 0.1) is 6.92 Å². The second-order valence-corrected chi connectivity index (χ2v) is 7.75. The van der Waals surface area contributed by atoms with Crippen LogP contribution in [0.2, 0.25) is 0 Å². The molecule has 0 radical (unpaired) electrons. The van der Waals surface area contributed by atoms with Gasteiger partial charge in [-0.3, -0.25) is 9.59 Å². The van der Waals surface area contributed by atoms with Crippen LogP contribution in [0.15, 0.2) is 71.5 Å². The topological polar surface area (TPSA) is 84.5 Å². The second-order valence-electron chi connectivity index (χ2n) is 7.75. The van der Waals surface area contributed by atoms with Crippen LogP contribution in [0.3, 0.4) is 0 Å². The van der Waals surface area contributed by atoms with Gasteiger partial charge in [-0.15, -0.1) is 0 Å². The van der Waals surface area contributed by atoms with Crippen LogP contribution in [0.25, 0.3) is 10.9 Å². The number of carbonyl (C=O) groups excluding carboxylic acids is 1. The molecule has 0 saturated carbocycles. The number of nitrogens with zero attached hydrogens (tertiary/aromatic N) is 2. The Morgan fingerprint density at radius 2 is 1.84 bits per heavy atom. The van der Waals surface area contributed by atoms with E-state index in [9.17, 15) is 9.59 Å². The summed E-state index contributed by atoms with van der Waals surface area (Å²) in [6.45, 7) is 2.61. The fourth-order valence-corrected chi connectivity index (χ4v) is 3.81. The number of H-pyrrole nitrogens is 1. The molecule has 0 bridgehead atoms. The minimum atomic E-state index is -0.225. The third-order valence-corrected chi connectivity index (χ3v) is 5.37. The lowest BCUT2D eigenvalue weighted by atomic mass is 10.1. The second kappa shape index (κ2) is 8.19. The first kappa shape index (κ1) is 19.8. The zero-order chi connectivity index (χ0) is 22.1. The number of hydrogen-bond acceptors (Lipinski definition) is 5. The lowest BCUT2D eigenvalue weighted by molar-refractivity contribution is 0.0725. The molecule has 32 heavy (non-hydrogen) atoms. The van der Waals surface area contributed by atoms with Crippen molar-refractivity contribution < 1.29 is 14.3 Å². The average Bonchev–Trinajstić information content (AvgIpc) is 3.26. The van der Waals surface area contributed by atoms with Gasteiger partial charge in [0, 0.05) is 12.1 Å². The van der Waals surface area contributed by atoms with Crippen molar-refractivity contribution in [1.29, 1.82) is 0 Å². The maximum absolute atomic E-state index is 13.4. The first-order chi connectivity index (χ1) is 15.6. The normalized spacial score (nSPS) is 12.2. The molecule has 0 atom stereocenters. The van der Waals surface area contributed by atoms with Gasteiger partial charge in [-0.1, -0.05) is 35.9 Å². The van der Waals surface area contributed by atoms with Crippen LogP contribution in [-0.4, -0.2) is 27.6 Å². The summed E-state index contributed by atoms with van der Waals surface area (Å²) in [6.07, 6.45) is 0. The minimum absolute atomic E-state index is 0.151. The molecule has 3 aromatic carbocycles. The molecule has 1 aliphatic rings. The van der Waals surface area contributed by atoms with Gasteiger partial charge >= 0.3 is 0 Å². The number of rotatable bonds is 5. The van der Waals surface area contributed by atoms with E-state index in [1.807, 2.05) is 49.4 Å². The number of benzene rings is 3. The molecule has 1 aromatic heterocycles. The van der Waals surface area contributed by atoms with Gasteiger partial charge in [0.05, 0.1) is 17.4 Å². The Labute approximate surface area is 184 Å². The number of para-hydroxylation sites is 1. The average molecular weight is 427 g/mol. The Balaban J connectivity index is 1.50.